The predicted octanol–water partition coefficient (Wildman–Crippen LogP) is 3.75. The molecule has 0 fully saturated rings. The molecule has 0 aliphatic carbocycles. The van der Waals surface area contributed by atoms with Crippen LogP contribution < -0.4 is 0 Å². The number of nitrogens with zero attached hydrogens (tertiary/aromatic N) is 2. The maximum Gasteiger partial charge on any atom is 0.335 e. The summed E-state index contributed by atoms with van der Waals surface area (Å²) < 4.78 is 1.93. The Morgan fingerprint density at radius 3 is 2.85 bits per heavy atom. The Kier molecular flexibility index (Phi) is 4.56. The van der Waals surface area contributed by atoms with Crippen molar-refractivity contribution in [3.63, 3.8) is 0 Å². The summed E-state index contributed by atoms with van der Waals surface area (Å²) in [6.45, 7) is 4.92. The number of benzene rings is 1. The molecule has 0 bridgehead atoms. The third kappa shape index (κ3) is 3.07. The van der Waals surface area contributed by atoms with Crippen LogP contribution in [0.2, 0.25) is 0 Å². The number of aromatic nitrogens is 2. The predicted molar refractivity (Wildman–Crippen MR) is 78.9 cm³/mol. The number of hydrogen-bond donors (Lipinski definition) is 1. The summed E-state index contributed by atoms with van der Waals surface area (Å²) in [7, 11) is 0. The van der Waals surface area contributed by atoms with Gasteiger partial charge in [0.2, 0.25) is 0 Å². The highest BCUT2D eigenvalue weighted by Gasteiger charge is 2.12. The van der Waals surface area contributed by atoms with Crippen LogP contribution in [0, 0.1) is 6.92 Å². The van der Waals surface area contributed by atoms with Crippen molar-refractivity contribution >= 4 is 5.97 Å². The average molecular weight is 272 g/mol. The number of unbranched alkanes of at least 4 members (excludes halogenated alkanes) is 2. The molecule has 0 spiro atoms. The molecule has 4 nitrogen and oxygen atoms in total. The summed E-state index contributed by atoms with van der Waals surface area (Å²) in [6, 6.07) is 5.35. The summed E-state index contributed by atoms with van der Waals surface area (Å²) in [5, 5.41) is 13.5. The third-order valence-corrected chi connectivity index (χ3v) is 3.50. The zero-order valence-electron chi connectivity index (χ0n) is 12.0. The van der Waals surface area contributed by atoms with Crippen molar-refractivity contribution in [2.45, 2.75) is 39.7 Å². The quantitative estimate of drug-likeness (QED) is 0.815. The molecule has 1 aromatic heterocycles. The number of carboxylic acids is 1. The minimum atomic E-state index is -0.889. The highest BCUT2D eigenvalue weighted by molar-refractivity contribution is 5.91. The molecular formula is C16H20N2O2. The van der Waals surface area contributed by atoms with Gasteiger partial charge in [-0.05, 0) is 30.5 Å². The normalized spacial score (nSPS) is 10.7. The summed E-state index contributed by atoms with van der Waals surface area (Å²) >= 11 is 0. The molecule has 106 valence electrons. The molecule has 1 N–H and O–H groups in total. The summed E-state index contributed by atoms with van der Waals surface area (Å²) in [6.07, 6.45) is 7.30. The van der Waals surface area contributed by atoms with Gasteiger partial charge in [0.05, 0.1) is 11.8 Å². The smallest absolute Gasteiger partial charge is 0.335 e. The van der Waals surface area contributed by atoms with E-state index >= 15 is 0 Å². The van der Waals surface area contributed by atoms with E-state index in [0.717, 1.165) is 29.7 Å². The lowest BCUT2D eigenvalue weighted by molar-refractivity contribution is 0.0696. The average Bonchev–Trinajstić information content (AvgIpc) is 2.87. The Hall–Kier alpha value is -2.10. The highest BCUT2D eigenvalue weighted by atomic mass is 16.4. The number of aryl methyl sites for hydroxylation is 1. The molecule has 0 saturated carbocycles. The Morgan fingerprint density at radius 2 is 2.15 bits per heavy atom. The standard InChI is InChI=1S/C16H20N2O2/c1-3-4-5-9-18-11-13(10-17-18)14-7-6-8-15(12(14)2)16(19)20/h6-8,10-11H,3-5,9H2,1-2H3,(H,19,20). The lowest BCUT2D eigenvalue weighted by atomic mass is 9.99. The van der Waals surface area contributed by atoms with Crippen LogP contribution in [-0.4, -0.2) is 20.9 Å². The number of carboxylic acid groups (broad SMARTS) is 1. The molecule has 0 amide bonds. The number of carbonyl (C=O) groups is 1. The molecule has 0 radical (unpaired) electrons. The van der Waals surface area contributed by atoms with Gasteiger partial charge in [0.1, 0.15) is 0 Å². The Labute approximate surface area is 119 Å². The Balaban J connectivity index is 2.24. The van der Waals surface area contributed by atoms with Crippen LogP contribution in [-0.2, 0) is 6.54 Å². The van der Waals surface area contributed by atoms with E-state index < -0.39 is 5.97 Å². The minimum absolute atomic E-state index is 0.348. The molecule has 2 rings (SSSR count). The first kappa shape index (κ1) is 14.3. The number of rotatable bonds is 6. The Morgan fingerprint density at radius 1 is 1.35 bits per heavy atom. The van der Waals surface area contributed by atoms with Crippen molar-refractivity contribution in [3.05, 3.63) is 41.7 Å². The van der Waals surface area contributed by atoms with Crippen LogP contribution in [0.25, 0.3) is 11.1 Å². The van der Waals surface area contributed by atoms with Gasteiger partial charge in [0.15, 0.2) is 0 Å². The molecule has 0 saturated heterocycles. The second-order valence-corrected chi connectivity index (χ2v) is 4.98. The number of aromatic carboxylic acids is 1. The topological polar surface area (TPSA) is 55.1 Å². The van der Waals surface area contributed by atoms with Crippen LogP contribution >= 0.6 is 0 Å². The van der Waals surface area contributed by atoms with Crippen LogP contribution in [0.15, 0.2) is 30.6 Å². The fourth-order valence-electron chi connectivity index (χ4n) is 2.33. The van der Waals surface area contributed by atoms with Gasteiger partial charge in [0.25, 0.3) is 0 Å². The molecule has 1 aromatic carbocycles. The van der Waals surface area contributed by atoms with Gasteiger partial charge in [-0.1, -0.05) is 31.9 Å². The first-order chi connectivity index (χ1) is 9.63. The second-order valence-electron chi connectivity index (χ2n) is 4.98. The van der Waals surface area contributed by atoms with Crippen LogP contribution in [0.1, 0.15) is 42.1 Å². The van der Waals surface area contributed by atoms with Gasteiger partial charge in [-0.2, -0.15) is 5.10 Å². The van der Waals surface area contributed by atoms with E-state index in [-0.39, 0.29) is 0 Å². The van der Waals surface area contributed by atoms with Gasteiger partial charge < -0.3 is 5.11 Å². The van der Waals surface area contributed by atoms with Crippen molar-refractivity contribution in [3.8, 4) is 11.1 Å². The number of hydrogen-bond acceptors (Lipinski definition) is 2. The molecular weight excluding hydrogens is 252 g/mol. The summed E-state index contributed by atoms with van der Waals surface area (Å²) in [4.78, 5) is 11.2. The van der Waals surface area contributed by atoms with Crippen molar-refractivity contribution in [2.75, 3.05) is 0 Å². The molecule has 20 heavy (non-hydrogen) atoms. The molecule has 2 aromatic rings. The van der Waals surface area contributed by atoms with E-state index in [9.17, 15) is 4.79 Å². The second kappa shape index (κ2) is 6.37. The molecule has 1 heterocycles. The van der Waals surface area contributed by atoms with Gasteiger partial charge in [-0.25, -0.2) is 4.79 Å². The lowest BCUT2D eigenvalue weighted by Crippen LogP contribution is -2.00. The van der Waals surface area contributed by atoms with Crippen molar-refractivity contribution in [1.82, 2.24) is 9.78 Å². The van der Waals surface area contributed by atoms with Crippen LogP contribution in [0.4, 0.5) is 0 Å². The van der Waals surface area contributed by atoms with E-state index in [2.05, 4.69) is 12.0 Å². The van der Waals surface area contributed by atoms with Crippen molar-refractivity contribution in [1.29, 1.82) is 0 Å². The van der Waals surface area contributed by atoms with Gasteiger partial charge in [0, 0.05) is 18.3 Å². The summed E-state index contributed by atoms with van der Waals surface area (Å²) in [5.41, 5.74) is 3.04. The Bertz CT molecular complexity index is 602. The largest absolute Gasteiger partial charge is 0.478 e. The lowest BCUT2D eigenvalue weighted by Gasteiger charge is -2.06. The maximum absolute atomic E-state index is 11.2. The first-order valence-corrected chi connectivity index (χ1v) is 6.99. The fourth-order valence-corrected chi connectivity index (χ4v) is 2.33. The minimum Gasteiger partial charge on any atom is -0.478 e. The highest BCUT2D eigenvalue weighted by Crippen LogP contribution is 2.25. The summed E-state index contributed by atoms with van der Waals surface area (Å²) in [5.74, 6) is -0.889. The van der Waals surface area contributed by atoms with Crippen molar-refractivity contribution < 1.29 is 9.90 Å². The molecule has 0 aliphatic heterocycles. The fraction of sp³-hybridized carbons (Fsp3) is 0.375. The third-order valence-electron chi connectivity index (χ3n) is 3.50. The molecule has 0 atom stereocenters. The van der Waals surface area contributed by atoms with Crippen LogP contribution in [0.3, 0.4) is 0 Å². The monoisotopic (exact) mass is 272 g/mol. The molecule has 0 unspecified atom stereocenters. The zero-order chi connectivity index (χ0) is 14.5. The SMILES string of the molecule is CCCCCn1cc(-c2cccc(C(=O)O)c2C)cn1. The van der Waals surface area contributed by atoms with E-state index in [0.29, 0.717) is 5.56 Å². The molecule has 0 aliphatic rings. The van der Waals surface area contributed by atoms with E-state index in [1.807, 2.05) is 23.9 Å². The van der Waals surface area contributed by atoms with Gasteiger partial charge in [-0.15, -0.1) is 0 Å². The zero-order valence-corrected chi connectivity index (χ0v) is 12.0. The first-order valence-electron chi connectivity index (χ1n) is 6.99. The van der Waals surface area contributed by atoms with Gasteiger partial charge >= 0.3 is 5.97 Å². The molecule has 4 heteroatoms. The van der Waals surface area contributed by atoms with Gasteiger partial charge in [-0.3, -0.25) is 4.68 Å². The maximum atomic E-state index is 11.2. The van der Waals surface area contributed by atoms with E-state index in [1.54, 1.807) is 18.3 Å². The van der Waals surface area contributed by atoms with Crippen molar-refractivity contribution in [2.24, 2.45) is 0 Å². The van der Waals surface area contributed by atoms with Crippen LogP contribution in [0.5, 0.6) is 0 Å². The van der Waals surface area contributed by atoms with E-state index in [1.165, 1.54) is 12.8 Å². The van der Waals surface area contributed by atoms with E-state index in [4.69, 9.17) is 5.11 Å².